The van der Waals surface area contributed by atoms with Crippen molar-refractivity contribution in [2.75, 3.05) is 10.6 Å². The van der Waals surface area contributed by atoms with E-state index in [0.717, 1.165) is 40.0 Å². The summed E-state index contributed by atoms with van der Waals surface area (Å²) < 4.78 is 45.2. The smallest absolute Gasteiger partial charge is 0.315 e. The van der Waals surface area contributed by atoms with Gasteiger partial charge in [0.25, 0.3) is 0 Å². The summed E-state index contributed by atoms with van der Waals surface area (Å²) in [5.74, 6) is -3.84. The number of hydrogen-bond donors (Lipinski definition) is 3. The molecular weight excluding hydrogens is 475 g/mol. The topological polar surface area (TPSA) is 83.0 Å². The molecule has 6 nitrogen and oxygen atoms in total. The molecule has 5 rings (SSSR count). The van der Waals surface area contributed by atoms with Gasteiger partial charge >= 0.3 is 5.92 Å². The third-order valence-corrected chi connectivity index (χ3v) is 7.00. The molecule has 2 heterocycles. The van der Waals surface area contributed by atoms with Gasteiger partial charge in [0.2, 0.25) is 5.95 Å². The molecule has 0 atom stereocenters. The zero-order chi connectivity index (χ0) is 24.6. The van der Waals surface area contributed by atoms with E-state index in [1.54, 1.807) is 0 Å². The Labute approximate surface area is 204 Å². The van der Waals surface area contributed by atoms with Crippen molar-refractivity contribution in [3.05, 3.63) is 71.2 Å². The van der Waals surface area contributed by atoms with E-state index in [1.807, 2.05) is 25.1 Å². The van der Waals surface area contributed by atoms with Crippen LogP contribution in [0.15, 0.2) is 48.5 Å². The van der Waals surface area contributed by atoms with Crippen LogP contribution < -0.4 is 10.6 Å². The molecule has 35 heavy (non-hydrogen) atoms. The molecule has 2 aromatic heterocycles. The Kier molecular flexibility index (Phi) is 6.33. The second kappa shape index (κ2) is 9.43. The maximum absolute atomic E-state index is 15.4. The summed E-state index contributed by atoms with van der Waals surface area (Å²) in [6.07, 6.45) is 2.27. The number of hydrogen-bond acceptors (Lipinski definition) is 7. The van der Waals surface area contributed by atoms with E-state index >= 15 is 8.78 Å². The van der Waals surface area contributed by atoms with E-state index in [2.05, 4.69) is 25.6 Å². The van der Waals surface area contributed by atoms with Gasteiger partial charge in [-0.2, -0.15) is 13.8 Å². The van der Waals surface area contributed by atoms with Crippen LogP contribution in [0.3, 0.4) is 0 Å². The summed E-state index contributed by atoms with van der Waals surface area (Å²) in [6.45, 7) is 1.99. The molecule has 1 aliphatic rings. The third-order valence-electron chi connectivity index (χ3n) is 6.06. The second-order valence-electron chi connectivity index (χ2n) is 8.81. The molecule has 4 aromatic rings. The lowest BCUT2D eigenvalue weighted by atomic mass is 9.93. The Morgan fingerprint density at radius 1 is 0.971 bits per heavy atom. The number of aromatic nitrogens is 3. The Bertz CT molecular complexity index is 1340. The third kappa shape index (κ3) is 5.23. The number of aliphatic hydroxyl groups is 1. The minimum absolute atomic E-state index is 0.0358. The summed E-state index contributed by atoms with van der Waals surface area (Å²) in [5, 5.41) is 16.5. The number of fused-ring (bicyclic) bond motifs is 1. The average Bonchev–Trinajstić information content (AvgIpc) is 3.22. The van der Waals surface area contributed by atoms with E-state index in [1.165, 1.54) is 17.4 Å². The molecule has 0 radical (unpaired) electrons. The van der Waals surface area contributed by atoms with Gasteiger partial charge in [0.15, 0.2) is 5.13 Å². The standard InChI is InChI=1S/C25H24F3N5OS/c1-14-2-11-19-20(12-14)35-24(30-19)33-22-13-21(25(27,28)15-3-5-16(26)6-4-15)31-23(32-22)29-17-7-9-18(34)10-8-17/h2-6,11-13,17-18,34H,7-10H2,1H3,(H2,29,30,31,32,33)/t17-,18-. The van der Waals surface area contributed by atoms with E-state index in [0.29, 0.717) is 30.8 Å². The zero-order valence-corrected chi connectivity index (χ0v) is 19.7. The fourth-order valence-electron chi connectivity index (χ4n) is 4.14. The first kappa shape index (κ1) is 23.5. The van der Waals surface area contributed by atoms with Gasteiger partial charge in [-0.15, -0.1) is 0 Å². The fraction of sp³-hybridized carbons (Fsp3) is 0.320. The van der Waals surface area contributed by atoms with Crippen molar-refractivity contribution in [2.45, 2.75) is 50.7 Å². The minimum Gasteiger partial charge on any atom is -0.393 e. The van der Waals surface area contributed by atoms with Crippen molar-refractivity contribution < 1.29 is 18.3 Å². The van der Waals surface area contributed by atoms with Crippen molar-refractivity contribution in [1.82, 2.24) is 15.0 Å². The van der Waals surface area contributed by atoms with Gasteiger partial charge in [-0.1, -0.05) is 17.4 Å². The van der Waals surface area contributed by atoms with Gasteiger partial charge in [0.05, 0.1) is 16.3 Å². The lowest BCUT2D eigenvalue weighted by molar-refractivity contribution is 0.0380. The maximum Gasteiger partial charge on any atom is 0.315 e. The quantitative estimate of drug-likeness (QED) is 0.296. The molecule has 10 heteroatoms. The molecular formula is C25H24F3N5OS. The van der Waals surface area contributed by atoms with E-state index in [9.17, 15) is 9.50 Å². The first-order chi connectivity index (χ1) is 16.8. The highest BCUT2D eigenvalue weighted by Crippen LogP contribution is 2.37. The molecule has 0 aliphatic heterocycles. The highest BCUT2D eigenvalue weighted by atomic mass is 32.1. The Balaban J connectivity index is 1.49. The van der Waals surface area contributed by atoms with Crippen LogP contribution in [0.25, 0.3) is 10.2 Å². The predicted molar refractivity (Wildman–Crippen MR) is 131 cm³/mol. The molecule has 1 aliphatic carbocycles. The van der Waals surface area contributed by atoms with Gasteiger partial charge in [0, 0.05) is 17.7 Å². The number of halogens is 3. The van der Waals surface area contributed by atoms with Crippen LogP contribution in [-0.2, 0) is 5.92 Å². The number of aryl methyl sites for hydroxylation is 1. The van der Waals surface area contributed by atoms with E-state index in [-0.39, 0.29) is 29.5 Å². The number of anilines is 3. The normalized spacial score (nSPS) is 18.5. The van der Waals surface area contributed by atoms with Crippen molar-refractivity contribution in [2.24, 2.45) is 0 Å². The van der Waals surface area contributed by atoms with Crippen LogP contribution in [0.4, 0.5) is 30.1 Å². The maximum atomic E-state index is 15.4. The summed E-state index contributed by atoms with van der Waals surface area (Å²) in [5.41, 5.74) is 1.01. The molecule has 0 amide bonds. The minimum atomic E-state index is -3.48. The molecule has 1 saturated carbocycles. The summed E-state index contributed by atoms with van der Waals surface area (Å²) in [4.78, 5) is 13.1. The van der Waals surface area contributed by atoms with Crippen molar-refractivity contribution >= 4 is 38.5 Å². The van der Waals surface area contributed by atoms with Gasteiger partial charge in [-0.25, -0.2) is 14.4 Å². The van der Waals surface area contributed by atoms with Crippen LogP contribution in [-0.4, -0.2) is 32.2 Å². The first-order valence-corrected chi connectivity index (χ1v) is 12.2. The number of nitrogens with one attached hydrogen (secondary N) is 2. The van der Waals surface area contributed by atoms with Gasteiger partial charge in [-0.3, -0.25) is 0 Å². The van der Waals surface area contributed by atoms with E-state index in [4.69, 9.17) is 0 Å². The predicted octanol–water partition coefficient (Wildman–Crippen LogP) is 6.13. The molecule has 0 spiro atoms. The first-order valence-electron chi connectivity index (χ1n) is 11.4. The van der Waals surface area contributed by atoms with Gasteiger partial charge in [0.1, 0.15) is 17.3 Å². The van der Waals surface area contributed by atoms with Crippen molar-refractivity contribution in [1.29, 1.82) is 0 Å². The monoisotopic (exact) mass is 499 g/mol. The number of alkyl halides is 2. The number of benzene rings is 2. The van der Waals surface area contributed by atoms with Crippen molar-refractivity contribution in [3.8, 4) is 0 Å². The number of aliphatic hydroxyl groups excluding tert-OH is 1. The van der Waals surface area contributed by atoms with Crippen LogP contribution >= 0.6 is 11.3 Å². The Morgan fingerprint density at radius 3 is 2.46 bits per heavy atom. The van der Waals surface area contributed by atoms with Crippen LogP contribution in [0, 0.1) is 12.7 Å². The lowest BCUT2D eigenvalue weighted by Gasteiger charge is -2.26. The lowest BCUT2D eigenvalue weighted by Crippen LogP contribution is -2.29. The summed E-state index contributed by atoms with van der Waals surface area (Å²) >= 11 is 1.40. The number of rotatable bonds is 6. The van der Waals surface area contributed by atoms with E-state index < -0.39 is 17.4 Å². The molecule has 1 fully saturated rings. The number of nitrogens with zero attached hydrogens (tertiary/aromatic N) is 3. The SMILES string of the molecule is Cc1ccc2nc(Nc3cc(C(F)(F)c4ccc(F)cc4)nc(N[C@H]4CC[C@H](O)CC4)n3)sc2c1. The molecule has 182 valence electrons. The van der Waals surface area contributed by atoms with Crippen LogP contribution in [0.2, 0.25) is 0 Å². The molecule has 0 bridgehead atoms. The molecule has 0 saturated heterocycles. The zero-order valence-electron chi connectivity index (χ0n) is 18.9. The largest absolute Gasteiger partial charge is 0.393 e. The molecule has 2 aromatic carbocycles. The van der Waals surface area contributed by atoms with Crippen molar-refractivity contribution in [3.63, 3.8) is 0 Å². The Hall–Kier alpha value is -3.24. The van der Waals surface area contributed by atoms with Gasteiger partial charge in [-0.05, 0) is 74.6 Å². The fourth-order valence-corrected chi connectivity index (χ4v) is 5.11. The van der Waals surface area contributed by atoms with Crippen LogP contribution in [0.1, 0.15) is 42.5 Å². The molecule has 0 unspecified atom stereocenters. The Morgan fingerprint density at radius 2 is 1.71 bits per heavy atom. The highest BCUT2D eigenvalue weighted by molar-refractivity contribution is 7.22. The second-order valence-corrected chi connectivity index (χ2v) is 9.84. The number of thiazole rings is 1. The summed E-state index contributed by atoms with van der Waals surface area (Å²) in [6, 6.07) is 11.1. The van der Waals surface area contributed by atoms with Gasteiger partial charge < -0.3 is 15.7 Å². The molecule has 3 N–H and O–H groups in total. The van der Waals surface area contributed by atoms with Crippen LogP contribution in [0.5, 0.6) is 0 Å². The summed E-state index contributed by atoms with van der Waals surface area (Å²) in [7, 11) is 0. The highest BCUT2D eigenvalue weighted by Gasteiger charge is 2.37. The average molecular weight is 500 g/mol.